The molecule has 0 aliphatic rings. The number of hydrogen-bond donors (Lipinski definition) is 1. The Morgan fingerprint density at radius 3 is 2.08 bits per heavy atom. The van der Waals surface area contributed by atoms with Crippen molar-refractivity contribution in [1.29, 1.82) is 0 Å². The Morgan fingerprint density at radius 1 is 1.17 bits per heavy atom. The largest absolute Gasteiger partial charge is 0.257 e. The molecular formula is C7H5Cl3IN. The molecule has 0 fully saturated rings. The first-order valence-electron chi connectivity index (χ1n) is 3.12. The second kappa shape index (κ2) is 4.86. The van der Waals surface area contributed by atoms with Gasteiger partial charge in [0.05, 0.1) is 0 Å². The van der Waals surface area contributed by atoms with E-state index in [9.17, 15) is 0 Å². The maximum atomic E-state index is 5.90. The van der Waals surface area contributed by atoms with Gasteiger partial charge in [0.25, 0.3) is 0 Å². The molecule has 0 radical (unpaired) electrons. The van der Waals surface area contributed by atoms with Gasteiger partial charge in [0, 0.05) is 50.0 Å². The molecule has 0 atom stereocenters. The van der Waals surface area contributed by atoms with Gasteiger partial charge < -0.3 is 0 Å². The fourth-order valence-corrected chi connectivity index (χ4v) is 2.14. The van der Waals surface area contributed by atoms with Crippen molar-refractivity contribution >= 4 is 57.7 Å². The molecule has 0 aliphatic heterocycles. The Balaban J connectivity index is 3.10. The molecular weight excluding hydrogens is 331 g/mol. The van der Waals surface area contributed by atoms with Gasteiger partial charge in [-0.2, -0.15) is 0 Å². The summed E-state index contributed by atoms with van der Waals surface area (Å²) in [5.41, 5.74) is 0.872. The van der Waals surface area contributed by atoms with Crippen LogP contribution in [0.4, 0.5) is 0 Å². The van der Waals surface area contributed by atoms with Crippen LogP contribution in [0.5, 0.6) is 0 Å². The predicted molar refractivity (Wildman–Crippen MR) is 62.3 cm³/mol. The molecule has 0 unspecified atom stereocenters. The van der Waals surface area contributed by atoms with Gasteiger partial charge in [-0.1, -0.05) is 34.8 Å². The van der Waals surface area contributed by atoms with Gasteiger partial charge >= 0.3 is 0 Å². The van der Waals surface area contributed by atoms with Crippen LogP contribution in [0.2, 0.25) is 15.1 Å². The zero-order valence-electron chi connectivity index (χ0n) is 5.87. The second-order valence-corrected chi connectivity index (χ2v) is 4.17. The number of hydrogen-bond acceptors (Lipinski definition) is 1. The van der Waals surface area contributed by atoms with E-state index in [2.05, 4.69) is 3.53 Å². The van der Waals surface area contributed by atoms with Gasteiger partial charge in [0.2, 0.25) is 0 Å². The van der Waals surface area contributed by atoms with Crippen molar-refractivity contribution in [3.63, 3.8) is 0 Å². The fraction of sp³-hybridized carbons (Fsp3) is 0.143. The summed E-state index contributed by atoms with van der Waals surface area (Å²) < 4.78 is 2.94. The lowest BCUT2D eigenvalue weighted by molar-refractivity contribution is 1.01. The van der Waals surface area contributed by atoms with Crippen LogP contribution in [-0.4, -0.2) is 0 Å². The Bertz CT molecular complexity index is 267. The summed E-state index contributed by atoms with van der Waals surface area (Å²) >= 11 is 19.6. The topological polar surface area (TPSA) is 12.0 Å². The van der Waals surface area contributed by atoms with Crippen LogP contribution in [0.3, 0.4) is 0 Å². The van der Waals surface area contributed by atoms with Crippen LogP contribution in [0.25, 0.3) is 0 Å². The molecule has 0 amide bonds. The van der Waals surface area contributed by atoms with Crippen LogP contribution < -0.4 is 3.53 Å². The maximum absolute atomic E-state index is 5.90. The van der Waals surface area contributed by atoms with Crippen LogP contribution in [0.1, 0.15) is 5.56 Å². The summed E-state index contributed by atoms with van der Waals surface area (Å²) in [6, 6.07) is 3.36. The predicted octanol–water partition coefficient (Wildman–Crippen LogP) is 4.09. The van der Waals surface area contributed by atoms with E-state index in [1.165, 1.54) is 0 Å². The lowest BCUT2D eigenvalue weighted by Crippen LogP contribution is -1.99. The smallest absolute Gasteiger partial charge is 0.0480 e. The van der Waals surface area contributed by atoms with Crippen molar-refractivity contribution in [3.05, 3.63) is 32.8 Å². The second-order valence-electron chi connectivity index (χ2n) is 2.16. The lowest BCUT2D eigenvalue weighted by atomic mass is 10.2. The van der Waals surface area contributed by atoms with Gasteiger partial charge in [-0.05, 0) is 12.1 Å². The van der Waals surface area contributed by atoms with E-state index in [-0.39, 0.29) is 0 Å². The molecule has 1 N–H and O–H groups in total. The van der Waals surface area contributed by atoms with E-state index in [4.69, 9.17) is 34.8 Å². The Hall–Kier alpha value is 0.780. The molecule has 0 heterocycles. The first kappa shape index (κ1) is 10.9. The van der Waals surface area contributed by atoms with E-state index >= 15 is 0 Å². The molecule has 0 bridgehead atoms. The zero-order chi connectivity index (χ0) is 9.14. The Morgan fingerprint density at radius 2 is 1.67 bits per heavy atom. The standard InChI is InChI=1S/C7H5Cl3IN/c8-4-1-6(9)5(3-12-11)7(10)2-4/h1-2,12H,3H2. The van der Waals surface area contributed by atoms with E-state index < -0.39 is 0 Å². The van der Waals surface area contributed by atoms with E-state index in [0.717, 1.165) is 5.56 Å². The highest BCUT2D eigenvalue weighted by Crippen LogP contribution is 2.28. The molecule has 1 rings (SSSR count). The average Bonchev–Trinajstić information content (AvgIpc) is 1.96. The van der Waals surface area contributed by atoms with Crippen molar-refractivity contribution in [2.24, 2.45) is 0 Å². The lowest BCUT2D eigenvalue weighted by Gasteiger charge is -2.05. The zero-order valence-corrected chi connectivity index (χ0v) is 10.3. The molecule has 1 aromatic rings. The molecule has 1 aromatic carbocycles. The third-order valence-electron chi connectivity index (χ3n) is 1.35. The van der Waals surface area contributed by atoms with Crippen molar-refractivity contribution in [1.82, 2.24) is 3.53 Å². The molecule has 0 aromatic heterocycles. The molecule has 5 heteroatoms. The van der Waals surface area contributed by atoms with Crippen molar-refractivity contribution in [2.75, 3.05) is 0 Å². The minimum absolute atomic E-state index is 0.558. The summed E-state index contributed by atoms with van der Waals surface area (Å²) in [5.74, 6) is 0. The monoisotopic (exact) mass is 335 g/mol. The highest BCUT2D eigenvalue weighted by molar-refractivity contribution is 14.1. The molecule has 0 aliphatic carbocycles. The Kier molecular flexibility index (Phi) is 4.40. The normalized spacial score (nSPS) is 10.3. The Labute approximate surface area is 99.9 Å². The molecule has 1 nitrogen and oxygen atoms in total. The van der Waals surface area contributed by atoms with Gasteiger partial charge in [0.15, 0.2) is 0 Å². The quantitative estimate of drug-likeness (QED) is 0.634. The van der Waals surface area contributed by atoms with Gasteiger partial charge in [-0.3, -0.25) is 3.53 Å². The van der Waals surface area contributed by atoms with Gasteiger partial charge in [-0.15, -0.1) is 0 Å². The fourth-order valence-electron chi connectivity index (χ4n) is 0.808. The highest BCUT2D eigenvalue weighted by atomic mass is 127. The van der Waals surface area contributed by atoms with Crippen LogP contribution in [0, 0.1) is 0 Å². The van der Waals surface area contributed by atoms with Crippen molar-refractivity contribution in [3.8, 4) is 0 Å². The maximum Gasteiger partial charge on any atom is 0.0480 e. The number of rotatable bonds is 2. The summed E-state index contributed by atoms with van der Waals surface area (Å²) in [7, 11) is 0. The van der Waals surface area contributed by atoms with E-state index in [1.54, 1.807) is 12.1 Å². The van der Waals surface area contributed by atoms with Crippen molar-refractivity contribution in [2.45, 2.75) is 6.54 Å². The van der Waals surface area contributed by atoms with E-state index in [0.29, 0.717) is 21.6 Å². The summed E-state index contributed by atoms with van der Waals surface area (Å²) in [6.45, 7) is 0.634. The number of benzene rings is 1. The third kappa shape index (κ3) is 2.64. The van der Waals surface area contributed by atoms with Crippen molar-refractivity contribution < 1.29 is 0 Å². The van der Waals surface area contributed by atoms with Crippen LogP contribution in [0.15, 0.2) is 12.1 Å². The first-order valence-corrected chi connectivity index (χ1v) is 5.33. The van der Waals surface area contributed by atoms with Crippen LogP contribution in [-0.2, 0) is 6.54 Å². The van der Waals surface area contributed by atoms with Crippen LogP contribution >= 0.6 is 57.7 Å². The number of nitrogens with one attached hydrogen (secondary N) is 1. The minimum Gasteiger partial charge on any atom is -0.257 e. The van der Waals surface area contributed by atoms with E-state index in [1.807, 2.05) is 22.9 Å². The summed E-state index contributed by atoms with van der Waals surface area (Å²) in [5, 5.41) is 1.75. The third-order valence-corrected chi connectivity index (χ3v) is 2.62. The average molecular weight is 336 g/mol. The number of halogens is 4. The summed E-state index contributed by atoms with van der Waals surface area (Å²) in [4.78, 5) is 0. The first-order chi connectivity index (χ1) is 5.65. The summed E-state index contributed by atoms with van der Waals surface area (Å²) in [6.07, 6.45) is 0. The molecule has 66 valence electrons. The highest BCUT2D eigenvalue weighted by Gasteiger charge is 2.06. The molecule has 12 heavy (non-hydrogen) atoms. The SMILES string of the molecule is Clc1cc(Cl)c(CNI)c(Cl)c1. The van der Waals surface area contributed by atoms with Gasteiger partial charge in [-0.25, -0.2) is 0 Å². The molecule has 0 saturated carbocycles. The molecule has 0 spiro atoms. The minimum atomic E-state index is 0.558. The van der Waals surface area contributed by atoms with Gasteiger partial charge in [0.1, 0.15) is 0 Å². The molecule has 0 saturated heterocycles.